The first kappa shape index (κ1) is 15.0. The lowest BCUT2D eigenvalue weighted by atomic mass is 10.2. The highest BCUT2D eigenvalue weighted by molar-refractivity contribution is 5.88. The Kier molecular flexibility index (Phi) is 6.38. The molecule has 1 aromatic carbocycles. The minimum atomic E-state index is -1.31. The molecule has 3 N–H and O–H groups in total. The summed E-state index contributed by atoms with van der Waals surface area (Å²) in [5, 5.41) is 18.7. The summed E-state index contributed by atoms with van der Waals surface area (Å²) >= 11 is 0. The first-order valence-corrected chi connectivity index (χ1v) is 6.04. The summed E-state index contributed by atoms with van der Waals surface area (Å²) in [5.74, 6) is -2.62. The number of hydrogen-bond donors (Lipinski definition) is 3. The van der Waals surface area contributed by atoms with Crippen LogP contribution in [0.4, 0.5) is 5.69 Å². The largest absolute Gasteiger partial charge is 0.481 e. The van der Waals surface area contributed by atoms with Gasteiger partial charge in [-0.2, -0.15) is 0 Å². The van der Waals surface area contributed by atoms with Crippen LogP contribution < -0.4 is 10.2 Å². The first-order chi connectivity index (χ1) is 9.09. The minimum absolute atomic E-state index is 0.806. The second kappa shape index (κ2) is 8.10. The molecule has 0 aliphatic carbocycles. The van der Waals surface area contributed by atoms with Crippen molar-refractivity contribution in [3.05, 3.63) is 30.3 Å². The summed E-state index contributed by atoms with van der Waals surface area (Å²) in [7, 11) is 0. The highest BCUT2D eigenvalue weighted by atomic mass is 16.4. The van der Waals surface area contributed by atoms with Crippen LogP contribution >= 0.6 is 0 Å². The quantitative estimate of drug-likeness (QED) is 0.696. The van der Waals surface area contributed by atoms with E-state index in [0.29, 0.717) is 0 Å². The Morgan fingerprint density at radius 1 is 1.05 bits per heavy atom. The maximum absolute atomic E-state index is 9.43. The third-order valence-electron chi connectivity index (χ3n) is 2.54. The summed E-state index contributed by atoms with van der Waals surface area (Å²) in [6.45, 7) is 4.47. The maximum atomic E-state index is 9.43. The monoisotopic (exact) mass is 266 g/mol. The van der Waals surface area contributed by atoms with E-state index in [1.807, 2.05) is 0 Å². The Labute approximate surface area is 111 Å². The molecule has 0 amide bonds. The van der Waals surface area contributed by atoms with E-state index in [0.717, 1.165) is 26.2 Å². The molecule has 0 bridgehead atoms. The number of nitrogens with one attached hydrogen (secondary N) is 1. The van der Waals surface area contributed by atoms with Crippen molar-refractivity contribution in [1.29, 1.82) is 0 Å². The van der Waals surface area contributed by atoms with Crippen LogP contribution in [0.5, 0.6) is 0 Å². The van der Waals surface area contributed by atoms with Gasteiger partial charge in [0.25, 0.3) is 0 Å². The van der Waals surface area contributed by atoms with Crippen molar-refractivity contribution in [2.75, 3.05) is 31.1 Å². The molecule has 1 aromatic rings. The number of anilines is 1. The Hall–Kier alpha value is -2.08. The topological polar surface area (TPSA) is 89.9 Å². The summed E-state index contributed by atoms with van der Waals surface area (Å²) in [5.41, 5.74) is 1.35. The number of piperazine rings is 1. The molecule has 6 heteroatoms. The van der Waals surface area contributed by atoms with Gasteiger partial charge in [0, 0.05) is 31.9 Å². The van der Waals surface area contributed by atoms with Gasteiger partial charge in [-0.05, 0) is 12.1 Å². The number of aliphatic carboxylic acids is 2. The Balaban J connectivity index is 0.000000224. The number of rotatable bonds is 3. The van der Waals surface area contributed by atoms with Crippen molar-refractivity contribution in [1.82, 2.24) is 5.32 Å². The minimum Gasteiger partial charge on any atom is -0.481 e. The Morgan fingerprint density at radius 3 is 2.00 bits per heavy atom. The van der Waals surface area contributed by atoms with E-state index in [-0.39, 0.29) is 0 Å². The molecule has 0 spiro atoms. The van der Waals surface area contributed by atoms with Crippen LogP contribution in [0.1, 0.15) is 6.42 Å². The maximum Gasteiger partial charge on any atom is 0.314 e. The van der Waals surface area contributed by atoms with Crippen LogP contribution in [0.2, 0.25) is 0 Å². The van der Waals surface area contributed by atoms with Crippen molar-refractivity contribution >= 4 is 17.6 Å². The zero-order chi connectivity index (χ0) is 14.1. The number of carboxylic acid groups (broad SMARTS) is 2. The summed E-state index contributed by atoms with van der Waals surface area (Å²) in [6, 6.07) is 10.6. The van der Waals surface area contributed by atoms with E-state index in [2.05, 4.69) is 40.5 Å². The highest BCUT2D eigenvalue weighted by Crippen LogP contribution is 2.12. The Morgan fingerprint density at radius 2 is 1.58 bits per heavy atom. The standard InChI is InChI=1S/C10H14N2.C3H4O4/c1-2-4-10(5-3-1)12-8-6-11-7-9-12;4-2(5)1-3(6)7/h1-5,11H,6-9H2;1H2,(H,4,5)(H,6,7). The van der Waals surface area contributed by atoms with Crippen molar-refractivity contribution in [3.8, 4) is 0 Å². The Bertz CT molecular complexity index is 390. The second-order valence-corrected chi connectivity index (χ2v) is 4.04. The molecule has 6 nitrogen and oxygen atoms in total. The molecule has 1 heterocycles. The van der Waals surface area contributed by atoms with Crippen LogP contribution in [0.3, 0.4) is 0 Å². The molecular formula is C13H18N2O4. The fourth-order valence-corrected chi connectivity index (χ4v) is 1.69. The third-order valence-corrected chi connectivity index (χ3v) is 2.54. The van der Waals surface area contributed by atoms with E-state index in [9.17, 15) is 9.59 Å². The zero-order valence-corrected chi connectivity index (χ0v) is 10.6. The van der Waals surface area contributed by atoms with E-state index in [1.165, 1.54) is 5.69 Å². The molecule has 1 saturated heterocycles. The van der Waals surface area contributed by atoms with E-state index in [1.54, 1.807) is 0 Å². The number of carboxylic acids is 2. The lowest BCUT2D eigenvalue weighted by molar-refractivity contribution is -0.147. The number of benzene rings is 1. The van der Waals surface area contributed by atoms with Crippen LogP contribution in [0.25, 0.3) is 0 Å². The molecule has 0 unspecified atom stereocenters. The molecular weight excluding hydrogens is 248 g/mol. The van der Waals surface area contributed by atoms with Gasteiger partial charge in [-0.3, -0.25) is 9.59 Å². The normalized spacial score (nSPS) is 14.2. The van der Waals surface area contributed by atoms with Crippen LogP contribution in [-0.4, -0.2) is 48.3 Å². The van der Waals surface area contributed by atoms with Gasteiger partial charge in [0.15, 0.2) is 0 Å². The van der Waals surface area contributed by atoms with Crippen LogP contribution in [-0.2, 0) is 9.59 Å². The fourth-order valence-electron chi connectivity index (χ4n) is 1.69. The summed E-state index contributed by atoms with van der Waals surface area (Å²) in [4.78, 5) is 21.3. The molecule has 1 aliphatic heterocycles. The first-order valence-electron chi connectivity index (χ1n) is 6.04. The second-order valence-electron chi connectivity index (χ2n) is 4.04. The number of para-hydroxylation sites is 1. The summed E-state index contributed by atoms with van der Waals surface area (Å²) < 4.78 is 0. The average molecular weight is 266 g/mol. The van der Waals surface area contributed by atoms with Gasteiger partial charge < -0.3 is 20.4 Å². The van der Waals surface area contributed by atoms with Gasteiger partial charge in [-0.25, -0.2) is 0 Å². The lowest BCUT2D eigenvalue weighted by Crippen LogP contribution is -2.43. The van der Waals surface area contributed by atoms with Gasteiger partial charge >= 0.3 is 11.9 Å². The van der Waals surface area contributed by atoms with E-state index >= 15 is 0 Å². The van der Waals surface area contributed by atoms with Crippen LogP contribution in [0, 0.1) is 0 Å². The van der Waals surface area contributed by atoms with Gasteiger partial charge in [0.2, 0.25) is 0 Å². The fraction of sp³-hybridized carbons (Fsp3) is 0.385. The molecule has 2 rings (SSSR count). The van der Waals surface area contributed by atoms with Gasteiger partial charge in [-0.15, -0.1) is 0 Å². The van der Waals surface area contributed by atoms with Gasteiger partial charge in [0.1, 0.15) is 6.42 Å². The van der Waals surface area contributed by atoms with Gasteiger partial charge in [-0.1, -0.05) is 18.2 Å². The number of carbonyl (C=O) groups is 2. The van der Waals surface area contributed by atoms with Crippen molar-refractivity contribution in [2.24, 2.45) is 0 Å². The van der Waals surface area contributed by atoms with E-state index < -0.39 is 18.4 Å². The number of nitrogens with zero attached hydrogens (tertiary/aromatic N) is 1. The molecule has 0 atom stereocenters. The average Bonchev–Trinajstić information content (AvgIpc) is 2.40. The SMILES string of the molecule is O=C(O)CC(=O)O.c1ccc(N2CCNCC2)cc1. The predicted molar refractivity (Wildman–Crippen MR) is 71.4 cm³/mol. The molecule has 104 valence electrons. The molecule has 0 aromatic heterocycles. The number of hydrogen-bond acceptors (Lipinski definition) is 4. The van der Waals surface area contributed by atoms with Crippen molar-refractivity contribution in [3.63, 3.8) is 0 Å². The summed E-state index contributed by atoms with van der Waals surface area (Å²) in [6.07, 6.45) is -0.806. The van der Waals surface area contributed by atoms with Gasteiger partial charge in [0.05, 0.1) is 0 Å². The zero-order valence-electron chi connectivity index (χ0n) is 10.6. The highest BCUT2D eigenvalue weighted by Gasteiger charge is 2.08. The van der Waals surface area contributed by atoms with Crippen molar-refractivity contribution in [2.45, 2.75) is 6.42 Å². The van der Waals surface area contributed by atoms with Crippen molar-refractivity contribution < 1.29 is 19.8 Å². The van der Waals surface area contributed by atoms with Crippen LogP contribution in [0.15, 0.2) is 30.3 Å². The molecule has 19 heavy (non-hydrogen) atoms. The molecule has 0 saturated carbocycles. The molecule has 1 fully saturated rings. The van der Waals surface area contributed by atoms with E-state index in [4.69, 9.17) is 10.2 Å². The third kappa shape index (κ3) is 6.42. The lowest BCUT2D eigenvalue weighted by Gasteiger charge is -2.29. The molecule has 1 aliphatic rings. The smallest absolute Gasteiger partial charge is 0.314 e. The molecule has 0 radical (unpaired) electrons. The predicted octanol–water partition coefficient (Wildman–Crippen LogP) is 0.642.